The lowest BCUT2D eigenvalue weighted by atomic mass is 9.96. The SMILES string of the molecule is C[C@H](C[C@H](C)C(=O)N1CCOCCN(C(=O)[C@@H](C)C[C@@H](C)C(=O)O)CCOCC1)C(=O)O. The predicted octanol–water partition coefficient (Wildman–Crippen LogP) is 1.18. The minimum Gasteiger partial charge on any atom is -0.481 e. The molecule has 0 radical (unpaired) electrons. The molecule has 0 aromatic carbocycles. The fourth-order valence-corrected chi connectivity index (χ4v) is 3.65. The van der Waals surface area contributed by atoms with Gasteiger partial charge in [-0.2, -0.15) is 0 Å². The smallest absolute Gasteiger partial charge is 0.306 e. The second-order valence-electron chi connectivity index (χ2n) is 8.63. The van der Waals surface area contributed by atoms with Gasteiger partial charge in [0.25, 0.3) is 0 Å². The van der Waals surface area contributed by atoms with Crippen LogP contribution in [0.3, 0.4) is 0 Å². The number of ether oxygens (including phenoxy) is 2. The summed E-state index contributed by atoms with van der Waals surface area (Å²) in [6, 6.07) is 0. The molecule has 0 aromatic heterocycles. The number of aliphatic carboxylic acids is 2. The lowest BCUT2D eigenvalue weighted by molar-refractivity contribution is -0.144. The first kappa shape index (κ1) is 27.8. The van der Waals surface area contributed by atoms with Gasteiger partial charge in [-0.05, 0) is 12.8 Å². The molecule has 0 saturated carbocycles. The maximum Gasteiger partial charge on any atom is 0.306 e. The lowest BCUT2D eigenvalue weighted by Gasteiger charge is -2.29. The molecule has 2 amide bonds. The van der Waals surface area contributed by atoms with E-state index in [1.165, 1.54) is 0 Å². The molecule has 10 nitrogen and oxygen atoms in total. The van der Waals surface area contributed by atoms with Gasteiger partial charge in [-0.15, -0.1) is 0 Å². The van der Waals surface area contributed by atoms with Crippen molar-refractivity contribution in [3.8, 4) is 0 Å². The molecule has 184 valence electrons. The van der Waals surface area contributed by atoms with Gasteiger partial charge in [0.15, 0.2) is 0 Å². The van der Waals surface area contributed by atoms with E-state index in [0.717, 1.165) is 0 Å². The van der Waals surface area contributed by atoms with Crippen molar-refractivity contribution in [1.29, 1.82) is 0 Å². The van der Waals surface area contributed by atoms with Crippen LogP contribution < -0.4 is 0 Å². The van der Waals surface area contributed by atoms with Gasteiger partial charge in [0, 0.05) is 38.0 Å². The fraction of sp³-hybridized carbons (Fsp3) is 0.818. The molecular weight excluding hydrogens is 420 g/mol. The first-order valence-corrected chi connectivity index (χ1v) is 11.2. The van der Waals surface area contributed by atoms with E-state index in [-0.39, 0.29) is 24.7 Å². The van der Waals surface area contributed by atoms with E-state index in [9.17, 15) is 19.2 Å². The van der Waals surface area contributed by atoms with E-state index < -0.39 is 35.6 Å². The first-order chi connectivity index (χ1) is 15.0. The number of nitrogens with zero attached hydrogens (tertiary/aromatic N) is 2. The summed E-state index contributed by atoms with van der Waals surface area (Å²) < 4.78 is 11.3. The number of carbonyl (C=O) groups is 4. The van der Waals surface area contributed by atoms with Gasteiger partial charge in [0.1, 0.15) is 0 Å². The summed E-state index contributed by atoms with van der Waals surface area (Å²) in [7, 11) is 0. The number of hydrogen-bond acceptors (Lipinski definition) is 6. The molecule has 10 heteroatoms. The summed E-state index contributed by atoms with van der Waals surface area (Å²) in [6.07, 6.45) is 0.532. The van der Waals surface area contributed by atoms with Crippen LogP contribution in [0, 0.1) is 23.7 Å². The summed E-state index contributed by atoms with van der Waals surface area (Å²) >= 11 is 0. The summed E-state index contributed by atoms with van der Waals surface area (Å²) in [5, 5.41) is 18.1. The highest BCUT2D eigenvalue weighted by molar-refractivity contribution is 5.80. The van der Waals surface area contributed by atoms with Crippen LogP contribution in [-0.2, 0) is 28.7 Å². The highest BCUT2D eigenvalue weighted by atomic mass is 16.5. The molecule has 1 fully saturated rings. The number of hydrogen-bond donors (Lipinski definition) is 2. The summed E-state index contributed by atoms with van der Waals surface area (Å²) in [5.41, 5.74) is 0. The van der Waals surface area contributed by atoms with E-state index in [0.29, 0.717) is 52.6 Å². The third kappa shape index (κ3) is 9.52. The van der Waals surface area contributed by atoms with Crippen molar-refractivity contribution in [2.75, 3.05) is 52.6 Å². The summed E-state index contributed by atoms with van der Waals surface area (Å²) in [4.78, 5) is 50.9. The van der Waals surface area contributed by atoms with Crippen LogP contribution in [-0.4, -0.2) is 96.4 Å². The fourth-order valence-electron chi connectivity index (χ4n) is 3.65. The summed E-state index contributed by atoms with van der Waals surface area (Å²) in [6.45, 7) is 9.23. The Morgan fingerprint density at radius 2 is 0.906 bits per heavy atom. The average molecular weight is 459 g/mol. The molecule has 1 aliphatic heterocycles. The Morgan fingerprint density at radius 1 is 0.625 bits per heavy atom. The van der Waals surface area contributed by atoms with Gasteiger partial charge in [0.05, 0.1) is 38.3 Å². The zero-order valence-electron chi connectivity index (χ0n) is 19.6. The van der Waals surface area contributed by atoms with Crippen molar-refractivity contribution in [3.05, 3.63) is 0 Å². The Labute approximate surface area is 189 Å². The Bertz CT molecular complexity index is 575. The molecule has 32 heavy (non-hydrogen) atoms. The van der Waals surface area contributed by atoms with Crippen LogP contribution in [0.15, 0.2) is 0 Å². The van der Waals surface area contributed by atoms with E-state index >= 15 is 0 Å². The Balaban J connectivity index is 2.60. The zero-order valence-corrected chi connectivity index (χ0v) is 19.6. The molecule has 0 bridgehead atoms. The lowest BCUT2D eigenvalue weighted by Crippen LogP contribution is -2.43. The van der Waals surface area contributed by atoms with Gasteiger partial charge in [-0.25, -0.2) is 0 Å². The third-order valence-electron chi connectivity index (χ3n) is 5.75. The minimum absolute atomic E-state index is 0.125. The van der Waals surface area contributed by atoms with Crippen molar-refractivity contribution in [1.82, 2.24) is 9.80 Å². The molecule has 1 aliphatic rings. The number of carboxylic acid groups (broad SMARTS) is 2. The monoisotopic (exact) mass is 458 g/mol. The number of carbonyl (C=O) groups excluding carboxylic acids is 2. The van der Waals surface area contributed by atoms with Gasteiger partial charge in [-0.1, -0.05) is 27.7 Å². The molecule has 0 aliphatic carbocycles. The van der Waals surface area contributed by atoms with Crippen molar-refractivity contribution in [2.45, 2.75) is 40.5 Å². The quantitative estimate of drug-likeness (QED) is 0.554. The van der Waals surface area contributed by atoms with Crippen LogP contribution >= 0.6 is 0 Å². The van der Waals surface area contributed by atoms with Crippen LogP contribution in [0.5, 0.6) is 0 Å². The van der Waals surface area contributed by atoms with Crippen LogP contribution in [0.2, 0.25) is 0 Å². The van der Waals surface area contributed by atoms with E-state index in [4.69, 9.17) is 19.7 Å². The Morgan fingerprint density at radius 3 is 1.16 bits per heavy atom. The predicted molar refractivity (Wildman–Crippen MR) is 116 cm³/mol. The van der Waals surface area contributed by atoms with Crippen LogP contribution in [0.4, 0.5) is 0 Å². The van der Waals surface area contributed by atoms with Gasteiger partial charge < -0.3 is 29.5 Å². The number of amides is 2. The molecule has 2 N–H and O–H groups in total. The second-order valence-corrected chi connectivity index (χ2v) is 8.63. The standard InChI is InChI=1S/C22H38N2O8/c1-15(13-17(3)21(27)28)19(25)23-5-9-31-11-7-24(8-12-32-10-6-23)20(26)16(2)14-18(4)22(29)30/h15-18H,5-14H2,1-4H3,(H,27,28)(H,29,30)/t15-,16-,17+,18+/m0/s1. The zero-order chi connectivity index (χ0) is 24.3. The maximum absolute atomic E-state index is 12.8. The highest BCUT2D eigenvalue weighted by Gasteiger charge is 2.26. The third-order valence-corrected chi connectivity index (χ3v) is 5.75. The molecule has 1 heterocycles. The largest absolute Gasteiger partial charge is 0.481 e. The molecular formula is C22H38N2O8. The van der Waals surface area contributed by atoms with Crippen LogP contribution in [0.25, 0.3) is 0 Å². The molecule has 0 aromatic rings. The topological polar surface area (TPSA) is 134 Å². The number of rotatable bonds is 8. The Kier molecular flexibility index (Phi) is 12.2. The van der Waals surface area contributed by atoms with Crippen molar-refractivity contribution < 1.29 is 38.9 Å². The van der Waals surface area contributed by atoms with E-state index in [2.05, 4.69) is 0 Å². The normalized spacial score (nSPS) is 20.2. The summed E-state index contributed by atoms with van der Waals surface area (Å²) in [5.74, 6) is -4.13. The van der Waals surface area contributed by atoms with Crippen molar-refractivity contribution >= 4 is 23.8 Å². The molecule has 4 atom stereocenters. The van der Waals surface area contributed by atoms with Gasteiger partial charge in [0.2, 0.25) is 11.8 Å². The molecule has 1 saturated heterocycles. The average Bonchev–Trinajstić information content (AvgIpc) is 2.72. The van der Waals surface area contributed by atoms with Crippen LogP contribution in [0.1, 0.15) is 40.5 Å². The van der Waals surface area contributed by atoms with E-state index in [1.807, 2.05) is 0 Å². The van der Waals surface area contributed by atoms with Gasteiger partial charge in [-0.3, -0.25) is 19.2 Å². The van der Waals surface area contributed by atoms with Crippen molar-refractivity contribution in [3.63, 3.8) is 0 Å². The molecule has 0 spiro atoms. The maximum atomic E-state index is 12.8. The van der Waals surface area contributed by atoms with E-state index in [1.54, 1.807) is 37.5 Å². The minimum atomic E-state index is -0.921. The number of carboxylic acids is 2. The molecule has 0 unspecified atom stereocenters. The molecule has 1 rings (SSSR count). The first-order valence-electron chi connectivity index (χ1n) is 11.2. The second kappa shape index (κ2) is 14.1. The Hall–Kier alpha value is -2.20. The van der Waals surface area contributed by atoms with Crippen molar-refractivity contribution in [2.24, 2.45) is 23.7 Å². The highest BCUT2D eigenvalue weighted by Crippen LogP contribution is 2.16. The van der Waals surface area contributed by atoms with Gasteiger partial charge >= 0.3 is 11.9 Å².